The summed E-state index contributed by atoms with van der Waals surface area (Å²) in [5.41, 5.74) is 1.34. The first kappa shape index (κ1) is 22.5. The summed E-state index contributed by atoms with van der Waals surface area (Å²) in [6.45, 7) is 8.32. The first-order valence-corrected chi connectivity index (χ1v) is 10.8. The lowest BCUT2D eigenvalue weighted by molar-refractivity contribution is -0.117. The highest BCUT2D eigenvalue weighted by Crippen LogP contribution is 2.29. The van der Waals surface area contributed by atoms with Gasteiger partial charge in [0, 0.05) is 36.7 Å². The summed E-state index contributed by atoms with van der Waals surface area (Å²) in [4.78, 5) is 26.9. The largest absolute Gasteiger partial charge is 0.494 e. The molecule has 0 bridgehead atoms. The number of nitrogens with one attached hydrogen (secondary N) is 1. The second-order valence-corrected chi connectivity index (χ2v) is 7.24. The van der Waals surface area contributed by atoms with Crippen LogP contribution in [0.5, 0.6) is 17.2 Å². The first-order valence-electron chi connectivity index (χ1n) is 10.8. The fourth-order valence-electron chi connectivity index (χ4n) is 3.59. The number of anilines is 1. The van der Waals surface area contributed by atoms with E-state index in [0.717, 1.165) is 11.4 Å². The van der Waals surface area contributed by atoms with Crippen molar-refractivity contribution >= 4 is 17.5 Å². The van der Waals surface area contributed by atoms with Crippen LogP contribution < -0.4 is 24.4 Å². The van der Waals surface area contributed by atoms with E-state index in [9.17, 15) is 9.59 Å². The Kier molecular flexibility index (Phi) is 7.76. The second-order valence-electron chi connectivity index (χ2n) is 7.24. The van der Waals surface area contributed by atoms with Gasteiger partial charge in [-0.3, -0.25) is 9.59 Å². The Bertz CT molecular complexity index is 897. The Hall–Kier alpha value is -3.22. The third-order valence-corrected chi connectivity index (χ3v) is 5.02. The fraction of sp³-hybridized carbons (Fsp3) is 0.417. The van der Waals surface area contributed by atoms with E-state index in [0.29, 0.717) is 56.4 Å². The number of hydrogen-bond acceptors (Lipinski definition) is 5. The quantitative estimate of drug-likeness (QED) is 0.627. The normalized spacial score (nSPS) is 15.6. The third kappa shape index (κ3) is 5.69. The van der Waals surface area contributed by atoms with Crippen molar-refractivity contribution in [1.29, 1.82) is 0 Å². The standard InChI is InChI=1S/C24H30N2O5/c1-4-29-20-10-8-19(9-11-20)26-16-17(13-23(26)27)15-25-24(28)18-7-12-21(30-5-2)22(14-18)31-6-3/h7-12,14,17H,4-6,13,15-16H2,1-3H3,(H,25,28). The smallest absolute Gasteiger partial charge is 0.251 e. The molecule has 0 spiro atoms. The minimum Gasteiger partial charge on any atom is -0.494 e. The summed E-state index contributed by atoms with van der Waals surface area (Å²) < 4.78 is 16.6. The minimum atomic E-state index is -0.198. The van der Waals surface area contributed by atoms with Crippen LogP contribution in [-0.2, 0) is 4.79 Å². The van der Waals surface area contributed by atoms with E-state index in [1.807, 2.05) is 45.0 Å². The summed E-state index contributed by atoms with van der Waals surface area (Å²) in [6, 6.07) is 12.7. The Morgan fingerprint density at radius 2 is 1.65 bits per heavy atom. The van der Waals surface area contributed by atoms with Crippen molar-refractivity contribution in [1.82, 2.24) is 5.32 Å². The molecule has 7 heteroatoms. The van der Waals surface area contributed by atoms with Crippen LogP contribution in [0.3, 0.4) is 0 Å². The average Bonchev–Trinajstić information content (AvgIpc) is 3.15. The van der Waals surface area contributed by atoms with Crippen molar-refractivity contribution in [3.63, 3.8) is 0 Å². The number of nitrogens with zero attached hydrogens (tertiary/aromatic N) is 1. The number of amides is 2. The van der Waals surface area contributed by atoms with E-state index in [1.54, 1.807) is 23.1 Å². The van der Waals surface area contributed by atoms with Crippen molar-refractivity contribution < 1.29 is 23.8 Å². The van der Waals surface area contributed by atoms with Crippen LogP contribution in [0.25, 0.3) is 0 Å². The molecule has 1 atom stereocenters. The molecule has 3 rings (SSSR count). The molecule has 2 aromatic carbocycles. The van der Waals surface area contributed by atoms with Gasteiger partial charge < -0.3 is 24.4 Å². The van der Waals surface area contributed by atoms with Crippen molar-refractivity contribution in [3.8, 4) is 17.2 Å². The van der Waals surface area contributed by atoms with Gasteiger partial charge in [-0.25, -0.2) is 0 Å². The van der Waals surface area contributed by atoms with Gasteiger partial charge in [0.05, 0.1) is 19.8 Å². The molecule has 1 fully saturated rings. The maximum absolute atomic E-state index is 12.6. The molecular formula is C24H30N2O5. The summed E-state index contributed by atoms with van der Waals surface area (Å²) in [5, 5.41) is 2.95. The van der Waals surface area contributed by atoms with E-state index >= 15 is 0 Å². The molecule has 2 amide bonds. The lowest BCUT2D eigenvalue weighted by Gasteiger charge is -2.17. The molecular weight excluding hydrogens is 396 g/mol. The van der Waals surface area contributed by atoms with Gasteiger partial charge >= 0.3 is 0 Å². The molecule has 1 N–H and O–H groups in total. The summed E-state index contributed by atoms with van der Waals surface area (Å²) in [6.07, 6.45) is 0.404. The molecule has 7 nitrogen and oxygen atoms in total. The Labute approximate surface area is 183 Å². The molecule has 0 aliphatic carbocycles. The second kappa shape index (κ2) is 10.7. The summed E-state index contributed by atoms with van der Waals surface area (Å²) in [5.74, 6) is 1.86. The Balaban J connectivity index is 1.58. The molecule has 1 aliphatic heterocycles. The highest BCUT2D eigenvalue weighted by Gasteiger charge is 2.30. The van der Waals surface area contributed by atoms with Crippen LogP contribution in [0.15, 0.2) is 42.5 Å². The lowest BCUT2D eigenvalue weighted by atomic mass is 10.1. The van der Waals surface area contributed by atoms with Gasteiger partial charge in [0.25, 0.3) is 5.91 Å². The Morgan fingerprint density at radius 3 is 2.32 bits per heavy atom. The lowest BCUT2D eigenvalue weighted by Crippen LogP contribution is -2.31. The topological polar surface area (TPSA) is 77.1 Å². The highest BCUT2D eigenvalue weighted by atomic mass is 16.5. The molecule has 166 valence electrons. The highest BCUT2D eigenvalue weighted by molar-refractivity contribution is 5.96. The number of carbonyl (C=O) groups excluding carboxylic acids is 2. The predicted molar refractivity (Wildman–Crippen MR) is 119 cm³/mol. The van der Waals surface area contributed by atoms with Crippen molar-refractivity contribution in [2.75, 3.05) is 37.8 Å². The zero-order valence-electron chi connectivity index (χ0n) is 18.3. The van der Waals surface area contributed by atoms with Crippen molar-refractivity contribution in [3.05, 3.63) is 48.0 Å². The molecule has 1 unspecified atom stereocenters. The molecule has 1 aliphatic rings. The predicted octanol–water partition coefficient (Wildman–Crippen LogP) is 3.67. The number of ether oxygens (including phenoxy) is 3. The zero-order chi connectivity index (χ0) is 22.2. The van der Waals surface area contributed by atoms with Crippen LogP contribution >= 0.6 is 0 Å². The SMILES string of the molecule is CCOc1ccc(N2CC(CNC(=O)c3ccc(OCC)c(OCC)c3)CC2=O)cc1. The van der Waals surface area contributed by atoms with Crippen LogP contribution in [0, 0.1) is 5.92 Å². The van der Waals surface area contributed by atoms with Gasteiger partial charge in [-0.15, -0.1) is 0 Å². The van der Waals surface area contributed by atoms with Crippen molar-refractivity contribution in [2.24, 2.45) is 5.92 Å². The average molecular weight is 427 g/mol. The van der Waals surface area contributed by atoms with Gasteiger partial charge in [-0.1, -0.05) is 0 Å². The van der Waals surface area contributed by atoms with E-state index < -0.39 is 0 Å². The number of carbonyl (C=O) groups is 2. The molecule has 0 aromatic heterocycles. The van der Waals surface area contributed by atoms with E-state index in [1.165, 1.54) is 0 Å². The molecule has 0 radical (unpaired) electrons. The summed E-state index contributed by atoms with van der Waals surface area (Å²) >= 11 is 0. The number of rotatable bonds is 10. The maximum atomic E-state index is 12.6. The van der Waals surface area contributed by atoms with Crippen LogP contribution in [-0.4, -0.2) is 44.7 Å². The summed E-state index contributed by atoms with van der Waals surface area (Å²) in [7, 11) is 0. The minimum absolute atomic E-state index is 0.0529. The molecule has 2 aromatic rings. The first-order chi connectivity index (χ1) is 15.0. The van der Waals surface area contributed by atoms with E-state index in [-0.39, 0.29) is 17.7 Å². The van der Waals surface area contributed by atoms with Crippen molar-refractivity contribution in [2.45, 2.75) is 27.2 Å². The van der Waals surface area contributed by atoms with Gasteiger partial charge in [-0.2, -0.15) is 0 Å². The fourth-order valence-corrected chi connectivity index (χ4v) is 3.59. The van der Waals surface area contributed by atoms with E-state index in [4.69, 9.17) is 14.2 Å². The van der Waals surface area contributed by atoms with Gasteiger partial charge in [0.1, 0.15) is 5.75 Å². The van der Waals surface area contributed by atoms with Crippen LogP contribution in [0.4, 0.5) is 5.69 Å². The molecule has 1 heterocycles. The van der Waals surface area contributed by atoms with Gasteiger partial charge in [-0.05, 0) is 63.2 Å². The van der Waals surface area contributed by atoms with Gasteiger partial charge in [0.2, 0.25) is 5.91 Å². The van der Waals surface area contributed by atoms with Crippen LogP contribution in [0.1, 0.15) is 37.6 Å². The number of hydrogen-bond donors (Lipinski definition) is 1. The Morgan fingerprint density at radius 1 is 0.968 bits per heavy atom. The maximum Gasteiger partial charge on any atom is 0.251 e. The molecule has 0 saturated carbocycles. The molecule has 31 heavy (non-hydrogen) atoms. The molecule has 1 saturated heterocycles. The monoisotopic (exact) mass is 426 g/mol. The van der Waals surface area contributed by atoms with E-state index in [2.05, 4.69) is 5.32 Å². The van der Waals surface area contributed by atoms with Gasteiger partial charge in [0.15, 0.2) is 11.5 Å². The number of benzene rings is 2. The van der Waals surface area contributed by atoms with Crippen LogP contribution in [0.2, 0.25) is 0 Å². The zero-order valence-corrected chi connectivity index (χ0v) is 18.3. The third-order valence-electron chi connectivity index (χ3n) is 5.02.